The van der Waals surface area contributed by atoms with Crippen molar-refractivity contribution in [3.63, 3.8) is 0 Å². The van der Waals surface area contributed by atoms with Gasteiger partial charge >= 0.3 is 0 Å². The normalized spacial score (nSPS) is 56.1. The summed E-state index contributed by atoms with van der Waals surface area (Å²) in [6.07, 6.45) is 12.5. The van der Waals surface area contributed by atoms with Gasteiger partial charge in [-0.15, -0.1) is 0 Å². The minimum atomic E-state index is 0.701. The first kappa shape index (κ1) is 14.6. The summed E-state index contributed by atoms with van der Waals surface area (Å²) < 4.78 is 0. The molecule has 0 spiro atoms. The second kappa shape index (κ2) is 5.00. The van der Waals surface area contributed by atoms with Crippen molar-refractivity contribution >= 4 is 0 Å². The number of hydrogen-bond donors (Lipinski definition) is 0. The predicted molar refractivity (Wildman–Crippen MR) is 90.0 cm³/mol. The molecule has 0 aromatic rings. The van der Waals surface area contributed by atoms with Crippen molar-refractivity contribution < 1.29 is 0 Å². The van der Waals surface area contributed by atoms with Crippen LogP contribution in [0, 0.1) is 52.8 Å². The van der Waals surface area contributed by atoms with E-state index in [-0.39, 0.29) is 0 Å². The summed E-state index contributed by atoms with van der Waals surface area (Å²) in [5, 5.41) is 0. The van der Waals surface area contributed by atoms with Crippen molar-refractivity contribution in [2.24, 2.45) is 52.8 Å². The van der Waals surface area contributed by atoms with Crippen molar-refractivity contribution in [2.75, 3.05) is 0 Å². The summed E-state index contributed by atoms with van der Waals surface area (Å²) in [5.41, 5.74) is 0.701. The van der Waals surface area contributed by atoms with E-state index >= 15 is 0 Å². The van der Waals surface area contributed by atoms with E-state index < -0.39 is 0 Å². The van der Waals surface area contributed by atoms with Gasteiger partial charge in [0.1, 0.15) is 0 Å². The molecule has 4 rings (SSSR count). The van der Waals surface area contributed by atoms with Crippen molar-refractivity contribution in [1.82, 2.24) is 0 Å². The summed E-state index contributed by atoms with van der Waals surface area (Å²) in [6, 6.07) is 0. The van der Waals surface area contributed by atoms with Crippen LogP contribution in [-0.2, 0) is 0 Å². The van der Waals surface area contributed by atoms with Crippen LogP contribution in [0.4, 0.5) is 0 Å². The van der Waals surface area contributed by atoms with Gasteiger partial charge in [-0.3, -0.25) is 0 Å². The zero-order valence-corrected chi connectivity index (χ0v) is 14.8. The van der Waals surface area contributed by atoms with Crippen LogP contribution in [0.25, 0.3) is 0 Å². The predicted octanol–water partition coefficient (Wildman–Crippen LogP) is 6.16. The molecule has 0 N–H and O–H groups in total. The van der Waals surface area contributed by atoms with Crippen molar-refractivity contribution in [2.45, 2.75) is 79.1 Å². The molecule has 0 heterocycles. The van der Waals surface area contributed by atoms with Crippen LogP contribution < -0.4 is 0 Å². The maximum absolute atomic E-state index is 2.69. The highest BCUT2D eigenvalue weighted by atomic mass is 14.6. The lowest BCUT2D eigenvalue weighted by atomic mass is 9.51. The van der Waals surface area contributed by atoms with Crippen LogP contribution in [0.1, 0.15) is 79.1 Å². The number of fused-ring (bicyclic) bond motifs is 5. The van der Waals surface area contributed by atoms with Crippen LogP contribution in [0.2, 0.25) is 0 Å². The first-order valence-corrected chi connectivity index (χ1v) is 10.0. The Balaban J connectivity index is 1.58. The molecule has 0 nitrogen and oxygen atoms in total. The van der Waals surface area contributed by atoms with E-state index in [1.807, 2.05) is 0 Å². The standard InChI is InChI=1S/C21H36/c1-13(2)19-7-8-20-17-6-5-15-11-14(3)12-18(15)16(17)9-10-21(19,20)4/h13-20H,5-12H2,1-4H3. The lowest BCUT2D eigenvalue weighted by Gasteiger charge is -2.54. The van der Waals surface area contributed by atoms with Crippen LogP contribution in [0.15, 0.2) is 0 Å². The summed E-state index contributed by atoms with van der Waals surface area (Å²) in [4.78, 5) is 0. The molecule has 0 aliphatic heterocycles. The summed E-state index contributed by atoms with van der Waals surface area (Å²) in [6.45, 7) is 10.2. The van der Waals surface area contributed by atoms with Crippen molar-refractivity contribution in [3.8, 4) is 0 Å². The van der Waals surface area contributed by atoms with E-state index in [1.54, 1.807) is 44.9 Å². The Hall–Kier alpha value is 0. The maximum atomic E-state index is 2.69. The van der Waals surface area contributed by atoms with E-state index in [2.05, 4.69) is 27.7 Å². The molecule has 4 fully saturated rings. The number of hydrogen-bond acceptors (Lipinski definition) is 0. The third-order valence-electron chi connectivity index (χ3n) is 8.78. The molecule has 21 heavy (non-hydrogen) atoms. The van der Waals surface area contributed by atoms with E-state index in [4.69, 9.17) is 0 Å². The second-order valence-electron chi connectivity index (χ2n) is 9.98. The third kappa shape index (κ3) is 2.07. The highest BCUT2D eigenvalue weighted by Crippen LogP contribution is 2.65. The minimum absolute atomic E-state index is 0.701. The van der Waals surface area contributed by atoms with E-state index in [1.165, 1.54) is 6.42 Å². The van der Waals surface area contributed by atoms with Crippen LogP contribution in [0.5, 0.6) is 0 Å². The van der Waals surface area contributed by atoms with Gasteiger partial charge < -0.3 is 0 Å². The van der Waals surface area contributed by atoms with Gasteiger partial charge in [-0.2, -0.15) is 0 Å². The van der Waals surface area contributed by atoms with Crippen molar-refractivity contribution in [3.05, 3.63) is 0 Å². The average Bonchev–Trinajstić information content (AvgIpc) is 2.96. The van der Waals surface area contributed by atoms with Gasteiger partial charge in [-0.25, -0.2) is 0 Å². The lowest BCUT2D eigenvalue weighted by Crippen LogP contribution is -2.47. The fraction of sp³-hybridized carbons (Fsp3) is 1.00. The zero-order valence-electron chi connectivity index (χ0n) is 14.8. The molecule has 0 saturated heterocycles. The smallest absolute Gasteiger partial charge is 0.0264 e. The largest absolute Gasteiger partial charge is 0.0625 e. The van der Waals surface area contributed by atoms with Gasteiger partial charge in [0.05, 0.1) is 0 Å². The van der Waals surface area contributed by atoms with Gasteiger partial charge in [0.2, 0.25) is 0 Å². The molecular weight excluding hydrogens is 252 g/mol. The molecule has 0 aromatic carbocycles. The molecule has 0 aromatic heterocycles. The molecule has 4 aliphatic carbocycles. The highest BCUT2D eigenvalue weighted by Gasteiger charge is 2.57. The summed E-state index contributed by atoms with van der Waals surface area (Å²) in [5.74, 6) is 8.51. The Morgan fingerprint density at radius 1 is 0.857 bits per heavy atom. The molecule has 0 radical (unpaired) electrons. The van der Waals surface area contributed by atoms with Crippen LogP contribution in [-0.4, -0.2) is 0 Å². The maximum Gasteiger partial charge on any atom is -0.0264 e. The Kier molecular flexibility index (Phi) is 3.47. The van der Waals surface area contributed by atoms with Gasteiger partial charge in [-0.1, -0.05) is 27.7 Å². The van der Waals surface area contributed by atoms with Gasteiger partial charge in [0, 0.05) is 0 Å². The fourth-order valence-corrected chi connectivity index (χ4v) is 8.11. The van der Waals surface area contributed by atoms with E-state index in [9.17, 15) is 0 Å². The molecule has 0 heteroatoms. The first-order chi connectivity index (χ1) is 10.0. The van der Waals surface area contributed by atoms with E-state index in [0.29, 0.717) is 5.41 Å². The Labute approximate surface area is 132 Å². The van der Waals surface area contributed by atoms with Crippen molar-refractivity contribution in [1.29, 1.82) is 0 Å². The summed E-state index contributed by atoms with van der Waals surface area (Å²) >= 11 is 0. The van der Waals surface area contributed by atoms with Crippen LogP contribution in [0.3, 0.4) is 0 Å². The molecule has 4 saturated carbocycles. The molecular formula is C21H36. The topological polar surface area (TPSA) is 0 Å². The molecule has 0 bridgehead atoms. The molecule has 4 aliphatic rings. The Bertz CT molecular complexity index is 397. The monoisotopic (exact) mass is 288 g/mol. The average molecular weight is 289 g/mol. The number of rotatable bonds is 1. The Morgan fingerprint density at radius 3 is 2.43 bits per heavy atom. The highest BCUT2D eigenvalue weighted by molar-refractivity contribution is 5.06. The lowest BCUT2D eigenvalue weighted by molar-refractivity contribution is -0.0513. The minimum Gasteiger partial charge on any atom is -0.0625 e. The fourth-order valence-electron chi connectivity index (χ4n) is 8.11. The van der Waals surface area contributed by atoms with Gasteiger partial charge in [-0.05, 0) is 104 Å². The zero-order chi connectivity index (χ0) is 14.8. The van der Waals surface area contributed by atoms with E-state index in [0.717, 1.165) is 47.3 Å². The molecule has 8 unspecified atom stereocenters. The molecule has 8 atom stereocenters. The van der Waals surface area contributed by atoms with Gasteiger partial charge in [0.25, 0.3) is 0 Å². The van der Waals surface area contributed by atoms with Crippen LogP contribution >= 0.6 is 0 Å². The van der Waals surface area contributed by atoms with Gasteiger partial charge in [0.15, 0.2) is 0 Å². The Morgan fingerprint density at radius 2 is 1.67 bits per heavy atom. The summed E-state index contributed by atoms with van der Waals surface area (Å²) in [7, 11) is 0. The molecule has 0 amide bonds. The third-order valence-corrected chi connectivity index (χ3v) is 8.78. The SMILES string of the molecule is CC1CC2CCC3C(CCC4(C)C(C(C)C)CCC34)C2C1. The second-order valence-corrected chi connectivity index (χ2v) is 9.98. The quantitative estimate of drug-likeness (QED) is 0.542. The first-order valence-electron chi connectivity index (χ1n) is 10.0. The molecule has 120 valence electrons.